The smallest absolute Gasteiger partial charge is 0.387 e. The van der Waals surface area contributed by atoms with Gasteiger partial charge in [0, 0.05) is 34.3 Å². The molecule has 0 spiro atoms. The highest BCUT2D eigenvalue weighted by atomic mass is 35.5. The molecule has 1 aliphatic carbocycles. The molecule has 184 valence electrons. The number of hydrogen-bond acceptors (Lipinski definition) is 5. The molecular formula is C27H27ClF2N2O2S. The molecule has 1 fully saturated rings. The van der Waals surface area contributed by atoms with E-state index in [1.807, 2.05) is 17.8 Å². The predicted octanol–water partition coefficient (Wildman–Crippen LogP) is 7.44. The lowest BCUT2D eigenvalue weighted by atomic mass is 9.93. The highest BCUT2D eigenvalue weighted by Gasteiger charge is 2.30. The summed E-state index contributed by atoms with van der Waals surface area (Å²) in [7, 11) is 0. The fourth-order valence-corrected chi connectivity index (χ4v) is 5.81. The summed E-state index contributed by atoms with van der Waals surface area (Å²) in [6.45, 7) is -2.87. The maximum atomic E-state index is 12.9. The SMILES string of the molecule is OCCC(c1ccc(SCC2CC2)cc1)C1Nc2cc(Cl)c(-c3ccccc3OC(F)F)cc2N1. The van der Waals surface area contributed by atoms with Crippen LogP contribution in [0, 0.1) is 5.92 Å². The van der Waals surface area contributed by atoms with Gasteiger partial charge in [-0.2, -0.15) is 8.78 Å². The van der Waals surface area contributed by atoms with Gasteiger partial charge < -0.3 is 20.5 Å². The number of aliphatic hydroxyl groups is 1. The third-order valence-corrected chi connectivity index (χ3v) is 8.01. The number of hydrogen-bond donors (Lipinski definition) is 3. The number of alkyl halides is 2. The van der Waals surface area contributed by atoms with Crippen LogP contribution >= 0.6 is 23.4 Å². The molecule has 2 atom stereocenters. The van der Waals surface area contributed by atoms with Gasteiger partial charge in [0.15, 0.2) is 0 Å². The number of rotatable bonds is 10. The predicted molar refractivity (Wildman–Crippen MR) is 139 cm³/mol. The Balaban J connectivity index is 1.36. The summed E-state index contributed by atoms with van der Waals surface area (Å²) < 4.78 is 30.5. The Hall–Kier alpha value is -2.48. The second-order valence-electron chi connectivity index (χ2n) is 8.96. The van der Waals surface area contributed by atoms with Crippen LogP contribution in [-0.4, -0.2) is 30.2 Å². The fraction of sp³-hybridized carbons (Fsp3) is 0.333. The highest BCUT2D eigenvalue weighted by Crippen LogP contribution is 2.44. The van der Waals surface area contributed by atoms with Crippen molar-refractivity contribution in [3.05, 3.63) is 71.2 Å². The first kappa shape index (κ1) is 24.2. The topological polar surface area (TPSA) is 53.5 Å². The molecule has 2 unspecified atom stereocenters. The van der Waals surface area contributed by atoms with Crippen molar-refractivity contribution in [2.75, 3.05) is 23.0 Å². The van der Waals surface area contributed by atoms with Crippen molar-refractivity contribution in [3.8, 4) is 16.9 Å². The van der Waals surface area contributed by atoms with Gasteiger partial charge in [-0.3, -0.25) is 0 Å². The Morgan fingerprint density at radius 3 is 2.40 bits per heavy atom. The van der Waals surface area contributed by atoms with Crippen molar-refractivity contribution in [2.24, 2.45) is 5.92 Å². The van der Waals surface area contributed by atoms with E-state index in [9.17, 15) is 13.9 Å². The van der Waals surface area contributed by atoms with Gasteiger partial charge >= 0.3 is 6.61 Å². The van der Waals surface area contributed by atoms with Crippen molar-refractivity contribution in [1.82, 2.24) is 0 Å². The number of nitrogens with one attached hydrogen (secondary N) is 2. The molecule has 5 rings (SSSR count). The number of ether oxygens (including phenoxy) is 1. The first-order valence-corrected chi connectivity index (χ1v) is 13.1. The number of aliphatic hydroxyl groups excluding tert-OH is 1. The minimum absolute atomic E-state index is 0.0200. The molecule has 3 aromatic rings. The Morgan fingerprint density at radius 1 is 1.00 bits per heavy atom. The van der Waals surface area contributed by atoms with E-state index in [0.29, 0.717) is 22.6 Å². The van der Waals surface area contributed by atoms with E-state index in [4.69, 9.17) is 16.3 Å². The monoisotopic (exact) mass is 516 g/mol. The zero-order valence-corrected chi connectivity index (χ0v) is 20.6. The largest absolute Gasteiger partial charge is 0.434 e. The van der Waals surface area contributed by atoms with E-state index >= 15 is 0 Å². The van der Waals surface area contributed by atoms with E-state index in [1.54, 1.807) is 24.3 Å². The Bertz CT molecular complexity index is 1170. The summed E-state index contributed by atoms with van der Waals surface area (Å²) in [6, 6.07) is 18.9. The minimum atomic E-state index is -2.92. The number of thioether (sulfide) groups is 1. The quantitative estimate of drug-likeness (QED) is 0.244. The van der Waals surface area contributed by atoms with E-state index in [2.05, 4.69) is 34.9 Å². The lowest BCUT2D eigenvalue weighted by molar-refractivity contribution is -0.0494. The molecule has 3 aromatic carbocycles. The standard InChI is InChI=1S/C27H27ClF2N2O2S/c28-22-14-24-23(13-21(22)20-3-1-2-4-25(20)34-27(29)30)31-26(32-24)19(11-12-33)17-7-9-18(10-8-17)35-15-16-5-6-16/h1-4,7-10,13-14,16,19,26-27,31-33H,5-6,11-12,15H2. The molecule has 8 heteroatoms. The fourth-order valence-electron chi connectivity index (χ4n) is 4.45. The van der Waals surface area contributed by atoms with Gasteiger partial charge in [0.1, 0.15) is 11.9 Å². The van der Waals surface area contributed by atoms with Crippen LogP contribution in [0.25, 0.3) is 11.1 Å². The zero-order chi connectivity index (χ0) is 24.4. The molecule has 4 nitrogen and oxygen atoms in total. The van der Waals surface area contributed by atoms with Crippen molar-refractivity contribution in [1.29, 1.82) is 0 Å². The van der Waals surface area contributed by atoms with Crippen molar-refractivity contribution in [2.45, 2.75) is 42.9 Å². The van der Waals surface area contributed by atoms with Crippen molar-refractivity contribution in [3.63, 3.8) is 0 Å². The normalized spacial score (nSPS) is 17.6. The van der Waals surface area contributed by atoms with Gasteiger partial charge in [-0.25, -0.2) is 0 Å². The van der Waals surface area contributed by atoms with E-state index in [0.717, 1.165) is 22.9 Å². The van der Waals surface area contributed by atoms with Crippen molar-refractivity contribution >= 4 is 34.7 Å². The van der Waals surface area contributed by atoms with Crippen LogP contribution in [0.1, 0.15) is 30.7 Å². The van der Waals surface area contributed by atoms with Gasteiger partial charge in [-0.15, -0.1) is 11.8 Å². The molecule has 0 radical (unpaired) electrons. The van der Waals surface area contributed by atoms with Crippen LogP contribution < -0.4 is 15.4 Å². The third-order valence-electron chi connectivity index (χ3n) is 6.46. The number of anilines is 2. The summed E-state index contributed by atoms with van der Waals surface area (Å²) in [4.78, 5) is 1.26. The number of benzene rings is 3. The van der Waals surface area contributed by atoms with E-state index in [-0.39, 0.29) is 24.4 Å². The molecule has 2 aliphatic rings. The van der Waals surface area contributed by atoms with Gasteiger partial charge in [0.25, 0.3) is 0 Å². The molecule has 1 saturated carbocycles. The second-order valence-corrected chi connectivity index (χ2v) is 10.5. The maximum Gasteiger partial charge on any atom is 0.387 e. The Labute approximate surface area is 213 Å². The average Bonchev–Trinajstić information content (AvgIpc) is 3.59. The highest BCUT2D eigenvalue weighted by molar-refractivity contribution is 7.99. The van der Waals surface area contributed by atoms with E-state index < -0.39 is 6.61 Å². The third kappa shape index (κ3) is 5.68. The average molecular weight is 517 g/mol. The van der Waals surface area contributed by atoms with Gasteiger partial charge in [0.2, 0.25) is 0 Å². The summed E-state index contributed by atoms with van der Waals surface area (Å²) >= 11 is 8.48. The van der Waals surface area contributed by atoms with Gasteiger partial charge in [0.05, 0.1) is 16.4 Å². The summed E-state index contributed by atoms with van der Waals surface area (Å²) in [5.74, 6) is 2.14. The molecule has 3 N–H and O–H groups in total. The van der Waals surface area contributed by atoms with Gasteiger partial charge in [-0.1, -0.05) is 41.9 Å². The van der Waals surface area contributed by atoms with Crippen LogP contribution in [0.4, 0.5) is 20.2 Å². The summed E-state index contributed by atoms with van der Waals surface area (Å²) in [6.07, 6.45) is 3.12. The van der Waals surface area contributed by atoms with Crippen LogP contribution in [0.3, 0.4) is 0 Å². The van der Waals surface area contributed by atoms with Crippen LogP contribution in [0.15, 0.2) is 65.6 Å². The molecular weight excluding hydrogens is 490 g/mol. The summed E-state index contributed by atoms with van der Waals surface area (Å²) in [5, 5.41) is 17.2. The number of para-hydroxylation sites is 1. The number of halogens is 3. The lowest BCUT2D eigenvalue weighted by Crippen LogP contribution is -2.31. The van der Waals surface area contributed by atoms with Crippen LogP contribution in [0.2, 0.25) is 5.02 Å². The van der Waals surface area contributed by atoms with E-state index in [1.165, 1.54) is 29.6 Å². The lowest BCUT2D eigenvalue weighted by Gasteiger charge is -2.25. The second kappa shape index (κ2) is 10.6. The maximum absolute atomic E-state index is 12.9. The molecule has 35 heavy (non-hydrogen) atoms. The Morgan fingerprint density at radius 2 is 1.71 bits per heavy atom. The molecule has 0 aromatic heterocycles. The van der Waals surface area contributed by atoms with Crippen molar-refractivity contribution < 1.29 is 18.6 Å². The minimum Gasteiger partial charge on any atom is -0.434 e. The molecule has 0 amide bonds. The summed E-state index contributed by atoms with van der Waals surface area (Å²) in [5.41, 5.74) is 3.88. The first-order valence-electron chi connectivity index (χ1n) is 11.8. The first-order chi connectivity index (χ1) is 17.0. The molecule has 1 aliphatic heterocycles. The molecule has 0 bridgehead atoms. The van der Waals surface area contributed by atoms with Crippen LogP contribution in [-0.2, 0) is 0 Å². The number of fused-ring (bicyclic) bond motifs is 1. The molecule has 0 saturated heterocycles. The molecule has 1 heterocycles. The van der Waals surface area contributed by atoms with Gasteiger partial charge in [-0.05, 0) is 61.1 Å². The Kier molecular flexibility index (Phi) is 7.37. The van der Waals surface area contributed by atoms with Crippen LogP contribution in [0.5, 0.6) is 5.75 Å². The zero-order valence-electron chi connectivity index (χ0n) is 19.0.